The molecule has 0 aromatic heterocycles. The summed E-state index contributed by atoms with van der Waals surface area (Å²) in [5, 5.41) is 3.96. The smallest absolute Gasteiger partial charge is 0.125 e. The number of rotatable bonds is 13. The van der Waals surface area contributed by atoms with E-state index >= 15 is 0 Å². The summed E-state index contributed by atoms with van der Waals surface area (Å²) in [5.74, 6) is 1.84. The molecule has 1 aromatic rings. The van der Waals surface area contributed by atoms with Crippen LogP contribution in [-0.2, 0) is 9.57 Å². The Hall–Kier alpha value is -2.01. The van der Waals surface area contributed by atoms with Crippen molar-refractivity contribution in [2.45, 2.75) is 66.4 Å². The maximum Gasteiger partial charge on any atom is 0.125 e. The van der Waals surface area contributed by atoms with Crippen molar-refractivity contribution >= 4 is 5.71 Å². The van der Waals surface area contributed by atoms with Crippen LogP contribution in [-0.4, -0.2) is 38.2 Å². The highest BCUT2D eigenvalue weighted by atomic mass is 16.6. The fourth-order valence-electron chi connectivity index (χ4n) is 2.70. The summed E-state index contributed by atoms with van der Waals surface area (Å²) in [7, 11) is 1.55. The predicted molar refractivity (Wildman–Crippen MR) is 116 cm³/mol. The van der Waals surface area contributed by atoms with Crippen LogP contribution >= 0.6 is 0 Å². The van der Waals surface area contributed by atoms with Crippen LogP contribution in [0.2, 0.25) is 0 Å². The lowest BCUT2D eigenvalue weighted by atomic mass is 10.0. The van der Waals surface area contributed by atoms with Crippen molar-refractivity contribution in [3.63, 3.8) is 0 Å². The van der Waals surface area contributed by atoms with Crippen LogP contribution in [0.3, 0.4) is 0 Å². The lowest BCUT2D eigenvalue weighted by molar-refractivity contribution is 0.0282. The van der Waals surface area contributed by atoms with Gasteiger partial charge in [-0.2, -0.15) is 0 Å². The first-order valence-electron chi connectivity index (χ1n) is 10.0. The minimum Gasteiger partial charge on any atom is -0.493 e. The van der Waals surface area contributed by atoms with E-state index in [0.29, 0.717) is 19.8 Å². The number of nitrogens with zero attached hydrogens (tertiary/aromatic N) is 1. The standard InChI is InChI=1S/C23H37NO4/c1-8-9-13-26-21-16-18(2)22(19(3)17-21)27-14-11-10-12-15-28-23(5,6)20(4)24-25-7/h8-9,16-17H,10-15H2,1-7H3/b9-8+,24-20+. The average molecular weight is 392 g/mol. The molecule has 0 heterocycles. The molecule has 5 heteroatoms. The highest BCUT2D eigenvalue weighted by Crippen LogP contribution is 2.28. The summed E-state index contributed by atoms with van der Waals surface area (Å²) in [6, 6.07) is 4.07. The largest absolute Gasteiger partial charge is 0.493 e. The van der Waals surface area contributed by atoms with Gasteiger partial charge in [0.2, 0.25) is 0 Å². The van der Waals surface area contributed by atoms with E-state index in [2.05, 4.69) is 19.0 Å². The number of hydrogen-bond donors (Lipinski definition) is 0. The van der Waals surface area contributed by atoms with Gasteiger partial charge in [-0.05, 0) is 84.1 Å². The van der Waals surface area contributed by atoms with Crippen molar-refractivity contribution in [2.75, 3.05) is 26.9 Å². The number of oxime groups is 1. The second-order valence-corrected chi connectivity index (χ2v) is 7.39. The molecule has 0 aliphatic carbocycles. The van der Waals surface area contributed by atoms with Crippen molar-refractivity contribution in [3.8, 4) is 11.5 Å². The first kappa shape index (κ1) is 24.0. The molecule has 0 saturated heterocycles. The third kappa shape index (κ3) is 8.34. The third-order valence-corrected chi connectivity index (χ3v) is 4.61. The Kier molecular flexibility index (Phi) is 10.7. The Bertz CT molecular complexity index is 627. The molecule has 5 nitrogen and oxygen atoms in total. The molecule has 0 spiro atoms. The molecule has 0 saturated carbocycles. The number of benzene rings is 1. The van der Waals surface area contributed by atoms with Crippen molar-refractivity contribution < 1.29 is 19.0 Å². The van der Waals surface area contributed by atoms with E-state index < -0.39 is 5.60 Å². The second kappa shape index (κ2) is 12.4. The predicted octanol–water partition coefficient (Wildman–Crippen LogP) is 5.62. The minimum absolute atomic E-state index is 0.405. The van der Waals surface area contributed by atoms with Crippen LogP contribution in [0.1, 0.15) is 58.1 Å². The lowest BCUT2D eigenvalue weighted by Crippen LogP contribution is -2.33. The number of aryl methyl sites for hydroxylation is 2. The summed E-state index contributed by atoms with van der Waals surface area (Å²) in [4.78, 5) is 4.82. The Morgan fingerprint density at radius 1 is 1.04 bits per heavy atom. The van der Waals surface area contributed by atoms with E-state index in [9.17, 15) is 0 Å². The first-order chi connectivity index (χ1) is 13.3. The zero-order valence-corrected chi connectivity index (χ0v) is 18.6. The number of unbranched alkanes of at least 4 members (excludes halogenated alkanes) is 2. The van der Waals surface area contributed by atoms with Gasteiger partial charge in [-0.25, -0.2) is 0 Å². The van der Waals surface area contributed by atoms with Gasteiger partial charge in [-0.1, -0.05) is 17.3 Å². The lowest BCUT2D eigenvalue weighted by Gasteiger charge is -2.24. The molecule has 0 radical (unpaired) electrons. The molecule has 0 bridgehead atoms. The molecule has 1 aromatic carbocycles. The molecular weight excluding hydrogens is 354 g/mol. The summed E-state index contributed by atoms with van der Waals surface area (Å²) >= 11 is 0. The fourth-order valence-corrected chi connectivity index (χ4v) is 2.70. The van der Waals surface area contributed by atoms with Gasteiger partial charge in [-0.15, -0.1) is 0 Å². The van der Waals surface area contributed by atoms with E-state index in [1.165, 1.54) is 0 Å². The van der Waals surface area contributed by atoms with Gasteiger partial charge in [0, 0.05) is 6.61 Å². The highest BCUT2D eigenvalue weighted by molar-refractivity contribution is 5.89. The molecule has 0 unspecified atom stereocenters. The maximum atomic E-state index is 6.02. The molecule has 0 amide bonds. The molecule has 0 N–H and O–H groups in total. The Labute approximate surface area is 170 Å². The van der Waals surface area contributed by atoms with Gasteiger partial charge in [0.05, 0.1) is 12.3 Å². The topological polar surface area (TPSA) is 49.3 Å². The SMILES string of the molecule is C/C=C/COc1cc(C)c(OCCCCCOC(C)(C)/C(C)=N/OC)c(C)c1. The number of hydrogen-bond acceptors (Lipinski definition) is 5. The van der Waals surface area contributed by atoms with Crippen molar-refractivity contribution in [2.24, 2.45) is 5.16 Å². The van der Waals surface area contributed by atoms with Crippen LogP contribution in [0.5, 0.6) is 11.5 Å². The van der Waals surface area contributed by atoms with E-state index in [4.69, 9.17) is 19.0 Å². The van der Waals surface area contributed by atoms with Gasteiger partial charge in [-0.3, -0.25) is 0 Å². The fraction of sp³-hybridized carbons (Fsp3) is 0.609. The second-order valence-electron chi connectivity index (χ2n) is 7.39. The Morgan fingerprint density at radius 3 is 2.29 bits per heavy atom. The molecule has 0 fully saturated rings. The van der Waals surface area contributed by atoms with E-state index in [0.717, 1.165) is 47.6 Å². The third-order valence-electron chi connectivity index (χ3n) is 4.61. The van der Waals surface area contributed by atoms with Gasteiger partial charge in [0.15, 0.2) is 0 Å². The molecule has 1 rings (SSSR count). The monoisotopic (exact) mass is 391 g/mol. The summed E-state index contributed by atoms with van der Waals surface area (Å²) in [6.07, 6.45) is 7.01. The molecule has 0 aliphatic heterocycles. The zero-order valence-electron chi connectivity index (χ0n) is 18.6. The van der Waals surface area contributed by atoms with Gasteiger partial charge in [0.1, 0.15) is 30.8 Å². The normalized spacial score (nSPS) is 12.5. The summed E-state index contributed by atoms with van der Waals surface area (Å²) in [6.45, 7) is 14.0. The van der Waals surface area contributed by atoms with Crippen LogP contribution < -0.4 is 9.47 Å². The minimum atomic E-state index is -0.405. The van der Waals surface area contributed by atoms with Crippen molar-refractivity contribution in [1.29, 1.82) is 0 Å². The summed E-state index contributed by atoms with van der Waals surface area (Å²) < 4.78 is 17.7. The molecule has 158 valence electrons. The Morgan fingerprint density at radius 2 is 1.68 bits per heavy atom. The molecule has 0 atom stereocenters. The summed E-state index contributed by atoms with van der Waals surface area (Å²) in [5.41, 5.74) is 2.64. The van der Waals surface area contributed by atoms with Crippen molar-refractivity contribution in [3.05, 3.63) is 35.4 Å². The molecular formula is C23H37NO4. The highest BCUT2D eigenvalue weighted by Gasteiger charge is 2.22. The number of allylic oxidation sites excluding steroid dienone is 1. The van der Waals surface area contributed by atoms with Crippen molar-refractivity contribution in [1.82, 2.24) is 0 Å². The quantitative estimate of drug-likeness (QED) is 0.189. The Balaban J connectivity index is 2.34. The number of ether oxygens (including phenoxy) is 3. The van der Waals surface area contributed by atoms with E-state index in [1.54, 1.807) is 7.11 Å². The van der Waals surface area contributed by atoms with Gasteiger partial charge < -0.3 is 19.0 Å². The van der Waals surface area contributed by atoms with E-state index in [1.807, 2.05) is 52.0 Å². The van der Waals surface area contributed by atoms with Crippen LogP contribution in [0.15, 0.2) is 29.4 Å². The zero-order chi connectivity index (χ0) is 21.0. The van der Waals surface area contributed by atoms with Crippen LogP contribution in [0.4, 0.5) is 0 Å². The maximum absolute atomic E-state index is 6.02. The van der Waals surface area contributed by atoms with Crippen LogP contribution in [0, 0.1) is 13.8 Å². The molecule has 0 aliphatic rings. The average Bonchev–Trinajstić information content (AvgIpc) is 2.63. The van der Waals surface area contributed by atoms with Crippen LogP contribution in [0.25, 0.3) is 0 Å². The van der Waals surface area contributed by atoms with Gasteiger partial charge in [0.25, 0.3) is 0 Å². The molecule has 28 heavy (non-hydrogen) atoms. The van der Waals surface area contributed by atoms with E-state index in [-0.39, 0.29) is 0 Å². The van der Waals surface area contributed by atoms with Gasteiger partial charge >= 0.3 is 0 Å². The first-order valence-corrected chi connectivity index (χ1v) is 10.0.